The van der Waals surface area contributed by atoms with Crippen LogP contribution in [0.15, 0.2) is 29.2 Å². The topological polar surface area (TPSA) is 102 Å². The van der Waals surface area contributed by atoms with E-state index in [2.05, 4.69) is 22.8 Å². The summed E-state index contributed by atoms with van der Waals surface area (Å²) in [7, 11) is -2.25. The van der Waals surface area contributed by atoms with Crippen LogP contribution in [0.1, 0.15) is 91.4 Å². The van der Waals surface area contributed by atoms with E-state index in [-0.39, 0.29) is 29.5 Å². The fourth-order valence-corrected chi connectivity index (χ4v) is 6.67. The molecule has 0 aromatic heterocycles. The van der Waals surface area contributed by atoms with Gasteiger partial charge in [0.05, 0.1) is 23.5 Å². The number of ether oxygens (including phenoxy) is 1. The maximum atomic E-state index is 13.3. The van der Waals surface area contributed by atoms with E-state index in [1.165, 1.54) is 44.2 Å². The lowest BCUT2D eigenvalue weighted by Crippen LogP contribution is -2.57. The Morgan fingerprint density at radius 2 is 1.69 bits per heavy atom. The van der Waals surface area contributed by atoms with Crippen molar-refractivity contribution in [2.24, 2.45) is 5.92 Å². The summed E-state index contributed by atoms with van der Waals surface area (Å²) in [6.07, 6.45) is 9.53. The summed E-state index contributed by atoms with van der Waals surface area (Å²) in [6, 6.07) is 5.92. The molecule has 1 saturated heterocycles. The van der Waals surface area contributed by atoms with Crippen molar-refractivity contribution < 1.29 is 26.9 Å². The first kappa shape index (κ1) is 33.6. The van der Waals surface area contributed by atoms with Gasteiger partial charge in [0.15, 0.2) is 0 Å². The fraction of sp³-hybridized carbons (Fsp3) is 0.724. The monoisotopic (exact) mass is 584 g/mol. The van der Waals surface area contributed by atoms with Crippen LogP contribution in [-0.4, -0.2) is 62.8 Å². The molecule has 1 aliphatic heterocycles. The van der Waals surface area contributed by atoms with E-state index in [9.17, 15) is 18.0 Å². The summed E-state index contributed by atoms with van der Waals surface area (Å²) in [5.74, 6) is -0.361. The minimum Gasteiger partial charge on any atom is -0.466 e. The highest BCUT2D eigenvalue weighted by molar-refractivity contribution is 7.86. The molecule has 222 valence electrons. The summed E-state index contributed by atoms with van der Waals surface area (Å²) < 4.78 is 37.6. The van der Waals surface area contributed by atoms with Crippen molar-refractivity contribution >= 4 is 40.3 Å². The number of benzene rings is 1. The molecule has 1 N–H and O–H groups in total. The zero-order valence-corrected chi connectivity index (χ0v) is 25.8. The number of rotatable bonds is 17. The molecule has 0 saturated carbocycles. The van der Waals surface area contributed by atoms with Crippen LogP contribution in [0.4, 0.5) is 5.69 Å². The van der Waals surface area contributed by atoms with Gasteiger partial charge in [-0.3, -0.25) is 18.7 Å². The molecule has 1 fully saturated rings. The van der Waals surface area contributed by atoms with E-state index >= 15 is 0 Å². The SMILES string of the molecule is CCOC(=O)C1C(OS(=O)(=O)c2cccc(NC(=O)CCCCCCCCCCS)c2)CC(C)N(C)C1CC. The quantitative estimate of drug-likeness (QED) is 0.103. The number of likely N-dealkylation sites (tertiary alicyclic amines) is 1. The largest absolute Gasteiger partial charge is 0.466 e. The average molecular weight is 585 g/mol. The smallest absolute Gasteiger partial charge is 0.313 e. The van der Waals surface area contributed by atoms with Gasteiger partial charge in [0, 0.05) is 24.2 Å². The first-order valence-electron chi connectivity index (χ1n) is 14.5. The van der Waals surface area contributed by atoms with Gasteiger partial charge in [0.1, 0.15) is 0 Å². The van der Waals surface area contributed by atoms with Crippen LogP contribution in [0, 0.1) is 5.92 Å². The Kier molecular flexibility index (Phi) is 14.9. The Hall–Kier alpha value is -1.62. The molecule has 10 heteroatoms. The van der Waals surface area contributed by atoms with Crippen molar-refractivity contribution in [3.63, 3.8) is 0 Å². The summed E-state index contributed by atoms with van der Waals surface area (Å²) in [5, 5.41) is 2.81. The highest BCUT2D eigenvalue weighted by Crippen LogP contribution is 2.34. The third kappa shape index (κ3) is 10.7. The average Bonchev–Trinajstić information content (AvgIpc) is 2.89. The molecule has 1 aromatic rings. The highest BCUT2D eigenvalue weighted by atomic mass is 32.2. The number of carbonyl (C=O) groups is 2. The van der Waals surface area contributed by atoms with Crippen LogP contribution < -0.4 is 5.32 Å². The number of amides is 1. The minimum atomic E-state index is -4.19. The summed E-state index contributed by atoms with van der Waals surface area (Å²) in [6.45, 7) is 5.90. The van der Waals surface area contributed by atoms with Crippen LogP contribution in [-0.2, 0) is 28.6 Å². The third-order valence-corrected chi connectivity index (χ3v) is 9.20. The molecule has 0 bridgehead atoms. The van der Waals surface area contributed by atoms with Crippen molar-refractivity contribution in [2.45, 2.75) is 114 Å². The number of hydrogen-bond acceptors (Lipinski definition) is 8. The van der Waals surface area contributed by atoms with E-state index < -0.39 is 28.1 Å². The predicted octanol–water partition coefficient (Wildman–Crippen LogP) is 5.82. The zero-order chi connectivity index (χ0) is 28.8. The van der Waals surface area contributed by atoms with Crippen molar-refractivity contribution in [3.05, 3.63) is 24.3 Å². The van der Waals surface area contributed by atoms with Gasteiger partial charge < -0.3 is 10.1 Å². The van der Waals surface area contributed by atoms with Crippen molar-refractivity contribution in [1.82, 2.24) is 4.90 Å². The summed E-state index contributed by atoms with van der Waals surface area (Å²) in [4.78, 5) is 27.3. The molecule has 39 heavy (non-hydrogen) atoms. The molecule has 0 spiro atoms. The number of esters is 1. The van der Waals surface area contributed by atoms with Gasteiger partial charge in [-0.25, -0.2) is 0 Å². The number of nitrogens with zero attached hydrogens (tertiary/aromatic N) is 1. The number of nitrogens with one attached hydrogen (secondary N) is 1. The Morgan fingerprint density at radius 1 is 1.05 bits per heavy atom. The molecular formula is C29H48N2O6S2. The number of carbonyl (C=O) groups excluding carboxylic acids is 2. The molecule has 0 radical (unpaired) electrons. The van der Waals surface area contributed by atoms with E-state index in [4.69, 9.17) is 8.92 Å². The van der Waals surface area contributed by atoms with Gasteiger partial charge >= 0.3 is 5.97 Å². The van der Waals surface area contributed by atoms with Crippen molar-refractivity contribution in [1.29, 1.82) is 0 Å². The van der Waals surface area contributed by atoms with Crippen LogP contribution in [0.25, 0.3) is 0 Å². The second kappa shape index (κ2) is 17.3. The summed E-state index contributed by atoms with van der Waals surface area (Å²) >= 11 is 4.23. The first-order chi connectivity index (χ1) is 18.6. The van der Waals surface area contributed by atoms with Gasteiger partial charge in [-0.15, -0.1) is 0 Å². The lowest BCUT2D eigenvalue weighted by molar-refractivity contribution is -0.159. The van der Waals surface area contributed by atoms with Gasteiger partial charge in [-0.1, -0.05) is 51.5 Å². The van der Waals surface area contributed by atoms with Crippen LogP contribution in [0.2, 0.25) is 0 Å². The number of thiol groups is 1. The molecule has 1 aromatic carbocycles. The van der Waals surface area contributed by atoms with Crippen LogP contribution >= 0.6 is 12.6 Å². The van der Waals surface area contributed by atoms with Crippen LogP contribution in [0.3, 0.4) is 0 Å². The molecule has 1 aliphatic rings. The van der Waals surface area contributed by atoms with Crippen LogP contribution in [0.5, 0.6) is 0 Å². The van der Waals surface area contributed by atoms with E-state index in [1.807, 2.05) is 20.9 Å². The van der Waals surface area contributed by atoms with E-state index in [1.54, 1.807) is 19.1 Å². The van der Waals surface area contributed by atoms with E-state index in [0.29, 0.717) is 24.9 Å². The maximum absolute atomic E-state index is 13.3. The molecule has 1 heterocycles. The molecule has 2 rings (SSSR count). The standard InChI is InChI=1S/C29H48N2O6S2/c1-5-25-28(29(33)36-6-2)26(20-22(3)31(25)4)37-39(34,35)24-17-15-16-23(21-24)30-27(32)18-13-11-9-7-8-10-12-14-19-38/h15-17,21-22,25-26,28,38H,5-14,18-20H2,1-4H3,(H,30,32). The third-order valence-electron chi connectivity index (χ3n) is 7.55. The first-order valence-corrected chi connectivity index (χ1v) is 16.5. The Morgan fingerprint density at radius 3 is 2.31 bits per heavy atom. The minimum absolute atomic E-state index is 0.0320. The second-order valence-corrected chi connectivity index (χ2v) is 12.5. The molecule has 0 aliphatic carbocycles. The normalized spacial score (nSPS) is 22.0. The number of anilines is 1. The van der Waals surface area contributed by atoms with E-state index in [0.717, 1.165) is 25.0 Å². The zero-order valence-electron chi connectivity index (χ0n) is 24.1. The summed E-state index contributed by atoms with van der Waals surface area (Å²) in [5.41, 5.74) is 0.402. The fourth-order valence-electron chi connectivity index (χ4n) is 5.29. The molecular weight excluding hydrogens is 536 g/mol. The number of hydrogen-bond donors (Lipinski definition) is 2. The highest BCUT2D eigenvalue weighted by Gasteiger charge is 2.46. The van der Waals surface area contributed by atoms with Crippen molar-refractivity contribution in [3.8, 4) is 0 Å². The lowest BCUT2D eigenvalue weighted by atomic mass is 9.82. The number of piperidine rings is 1. The second-order valence-electron chi connectivity index (χ2n) is 10.5. The lowest BCUT2D eigenvalue weighted by Gasteiger charge is -2.45. The van der Waals surface area contributed by atoms with Gasteiger partial charge in [0.25, 0.3) is 10.1 Å². The van der Waals surface area contributed by atoms with Gasteiger partial charge in [0.2, 0.25) is 5.91 Å². The Bertz CT molecular complexity index is 1000. The molecule has 4 atom stereocenters. The molecule has 1 amide bonds. The predicted molar refractivity (Wildman–Crippen MR) is 159 cm³/mol. The van der Waals surface area contributed by atoms with Gasteiger partial charge in [-0.2, -0.15) is 21.0 Å². The Balaban J connectivity index is 1.97. The molecule has 4 unspecified atom stereocenters. The van der Waals surface area contributed by atoms with Crippen molar-refractivity contribution in [2.75, 3.05) is 24.7 Å². The number of unbranched alkanes of at least 4 members (excludes halogenated alkanes) is 7. The maximum Gasteiger partial charge on any atom is 0.313 e. The Labute approximate surface area is 241 Å². The molecule has 8 nitrogen and oxygen atoms in total. The van der Waals surface area contributed by atoms with Gasteiger partial charge in [-0.05, 0) is 70.5 Å².